The molecule has 0 bridgehead atoms. The van der Waals surface area contributed by atoms with Crippen LogP contribution in [0.3, 0.4) is 0 Å². The number of ether oxygens (including phenoxy) is 1. The number of nitrogens with two attached hydrogens (primary N) is 1. The second kappa shape index (κ2) is 6.92. The molecule has 2 aromatic heterocycles. The van der Waals surface area contributed by atoms with E-state index in [0.29, 0.717) is 58.6 Å². The third-order valence-corrected chi connectivity index (χ3v) is 6.45. The van der Waals surface area contributed by atoms with Crippen LogP contribution in [-0.2, 0) is 17.3 Å². The molecule has 2 aromatic carbocycles. The monoisotopic (exact) mass is 453 g/mol. The molecule has 6 rings (SSSR count). The van der Waals surface area contributed by atoms with Gasteiger partial charge < -0.3 is 15.4 Å². The second-order valence-electron chi connectivity index (χ2n) is 8.32. The lowest BCUT2D eigenvalue weighted by atomic mass is 10.0. The summed E-state index contributed by atoms with van der Waals surface area (Å²) in [7, 11) is 0. The molecule has 1 unspecified atom stereocenters. The van der Waals surface area contributed by atoms with Crippen molar-refractivity contribution in [2.45, 2.75) is 24.7 Å². The number of carbonyl (C=O) groups excluding carboxylic acids is 1. The highest BCUT2D eigenvalue weighted by Gasteiger charge is 2.43. The topological polar surface area (TPSA) is 85.8 Å². The largest absolute Gasteiger partial charge is 0.416 e. The molecule has 168 valence electrons. The lowest BCUT2D eigenvalue weighted by Crippen LogP contribution is -2.46. The number of nitrogen functional groups attached to an aromatic ring is 1. The van der Waals surface area contributed by atoms with Gasteiger partial charge in [0.25, 0.3) is 5.91 Å². The average molecular weight is 453 g/mol. The molecule has 1 saturated heterocycles. The van der Waals surface area contributed by atoms with Crippen LogP contribution in [-0.4, -0.2) is 44.4 Å². The molecule has 1 aliphatic heterocycles. The number of amides is 1. The molecular weight excluding hydrogens is 435 g/mol. The van der Waals surface area contributed by atoms with Gasteiger partial charge in [-0.3, -0.25) is 9.20 Å². The van der Waals surface area contributed by atoms with E-state index in [1.54, 1.807) is 40.0 Å². The van der Waals surface area contributed by atoms with Crippen molar-refractivity contribution in [1.82, 2.24) is 19.3 Å². The Hall–Kier alpha value is -3.66. The van der Waals surface area contributed by atoms with Gasteiger partial charge in [0, 0.05) is 18.5 Å². The number of imidazole rings is 1. The summed E-state index contributed by atoms with van der Waals surface area (Å²) in [5.74, 6) is 0.129. The van der Waals surface area contributed by atoms with Gasteiger partial charge in [-0.05, 0) is 41.5 Å². The van der Waals surface area contributed by atoms with Crippen molar-refractivity contribution in [3.63, 3.8) is 0 Å². The number of hydrogen-bond acceptors (Lipinski definition) is 5. The standard InChI is InChI=1S/C23H18F3N5O2/c24-23(25,26)14-2-3-15-13(7-14)9-19-20(15)30(5-6-33-19)22(32)12-1-4-16-17(8-12)31-11-28-10-18(31)21(27)29-16/h1-4,7-8,10-11,19-20H,5-6,9H2,(H2,27,29)/t19?,20-/m0/s1. The SMILES string of the molecule is Nc1nc2ccc(C(=O)N3CCOC4Cc5cc(C(F)(F)F)ccc5[C@@H]43)cc2n2cncc12. The van der Waals surface area contributed by atoms with Crippen molar-refractivity contribution in [3.05, 3.63) is 71.2 Å². The highest BCUT2D eigenvalue weighted by Crippen LogP contribution is 2.42. The third kappa shape index (κ3) is 3.05. The fourth-order valence-corrected chi connectivity index (χ4v) is 4.94. The van der Waals surface area contributed by atoms with E-state index in [9.17, 15) is 18.0 Å². The molecule has 1 amide bonds. The first kappa shape index (κ1) is 20.0. The number of rotatable bonds is 1. The summed E-state index contributed by atoms with van der Waals surface area (Å²) in [5.41, 5.74) is 8.98. The van der Waals surface area contributed by atoms with Crippen molar-refractivity contribution in [2.24, 2.45) is 0 Å². The maximum Gasteiger partial charge on any atom is 0.416 e. The molecular formula is C23H18F3N5O2. The summed E-state index contributed by atoms with van der Waals surface area (Å²) in [4.78, 5) is 23.8. The molecule has 2 aliphatic rings. The maximum atomic E-state index is 13.6. The molecule has 1 fully saturated rings. The normalized spacial score (nSPS) is 20.3. The van der Waals surface area contributed by atoms with Crippen LogP contribution in [0.1, 0.15) is 33.1 Å². The van der Waals surface area contributed by atoms with E-state index in [2.05, 4.69) is 9.97 Å². The van der Waals surface area contributed by atoms with Crippen molar-refractivity contribution < 1.29 is 22.7 Å². The molecule has 0 saturated carbocycles. The fraction of sp³-hybridized carbons (Fsp3) is 0.261. The zero-order chi connectivity index (χ0) is 22.9. The number of carbonyl (C=O) groups is 1. The molecule has 2 N–H and O–H groups in total. The quantitative estimate of drug-likeness (QED) is 0.476. The number of aromatic nitrogens is 3. The molecule has 4 aromatic rings. The smallest absolute Gasteiger partial charge is 0.382 e. The molecule has 3 heterocycles. The summed E-state index contributed by atoms with van der Waals surface area (Å²) < 4.78 is 47.2. The highest BCUT2D eigenvalue weighted by atomic mass is 19.4. The van der Waals surface area contributed by atoms with Gasteiger partial charge in [-0.25, -0.2) is 9.97 Å². The van der Waals surface area contributed by atoms with E-state index in [4.69, 9.17) is 10.5 Å². The Labute approximate surface area is 185 Å². The number of alkyl halides is 3. The van der Waals surface area contributed by atoms with Crippen LogP contribution in [0.15, 0.2) is 48.9 Å². The van der Waals surface area contributed by atoms with Crippen LogP contribution in [0.2, 0.25) is 0 Å². The average Bonchev–Trinajstić information content (AvgIpc) is 3.43. The molecule has 1 aliphatic carbocycles. The van der Waals surface area contributed by atoms with Gasteiger partial charge in [0.15, 0.2) is 0 Å². The minimum Gasteiger partial charge on any atom is -0.382 e. The maximum absolute atomic E-state index is 13.6. The summed E-state index contributed by atoms with van der Waals surface area (Å²) >= 11 is 0. The van der Waals surface area contributed by atoms with Gasteiger partial charge in [-0.15, -0.1) is 0 Å². The fourth-order valence-electron chi connectivity index (χ4n) is 4.94. The second-order valence-corrected chi connectivity index (χ2v) is 8.32. The molecule has 33 heavy (non-hydrogen) atoms. The molecule has 10 heteroatoms. The first-order chi connectivity index (χ1) is 15.8. The molecule has 2 atom stereocenters. The van der Waals surface area contributed by atoms with Crippen LogP contribution in [0.4, 0.5) is 19.0 Å². The first-order valence-corrected chi connectivity index (χ1v) is 10.4. The Morgan fingerprint density at radius 1 is 1.15 bits per heavy atom. The van der Waals surface area contributed by atoms with Crippen LogP contribution >= 0.6 is 0 Å². The molecule has 7 nitrogen and oxygen atoms in total. The van der Waals surface area contributed by atoms with Gasteiger partial charge in [0.1, 0.15) is 11.3 Å². The Morgan fingerprint density at radius 3 is 2.82 bits per heavy atom. The van der Waals surface area contributed by atoms with Gasteiger partial charge in [0.2, 0.25) is 0 Å². The van der Waals surface area contributed by atoms with Crippen molar-refractivity contribution in [2.75, 3.05) is 18.9 Å². The highest BCUT2D eigenvalue weighted by molar-refractivity contribution is 5.98. The third-order valence-electron chi connectivity index (χ3n) is 6.45. The Morgan fingerprint density at radius 2 is 2.00 bits per heavy atom. The number of halogens is 3. The lowest BCUT2D eigenvalue weighted by molar-refractivity contribution is -0.137. The molecule has 0 spiro atoms. The number of nitrogens with zero attached hydrogens (tertiary/aromatic N) is 4. The predicted molar refractivity (Wildman–Crippen MR) is 114 cm³/mol. The Kier molecular flexibility index (Phi) is 4.19. The van der Waals surface area contributed by atoms with E-state index < -0.39 is 17.8 Å². The van der Waals surface area contributed by atoms with Gasteiger partial charge in [-0.1, -0.05) is 6.07 Å². The number of benzene rings is 2. The minimum absolute atomic E-state index is 0.215. The van der Waals surface area contributed by atoms with Crippen LogP contribution in [0.25, 0.3) is 16.6 Å². The molecule has 0 radical (unpaired) electrons. The van der Waals surface area contributed by atoms with Gasteiger partial charge in [-0.2, -0.15) is 13.2 Å². The summed E-state index contributed by atoms with van der Waals surface area (Å²) in [6.07, 6.45) is -1.23. The first-order valence-electron chi connectivity index (χ1n) is 10.4. The van der Waals surface area contributed by atoms with Crippen molar-refractivity contribution in [3.8, 4) is 0 Å². The van der Waals surface area contributed by atoms with Crippen LogP contribution < -0.4 is 5.73 Å². The van der Waals surface area contributed by atoms with E-state index in [1.165, 1.54) is 12.1 Å². The number of anilines is 1. The summed E-state index contributed by atoms with van der Waals surface area (Å²) in [5, 5.41) is 0. The van der Waals surface area contributed by atoms with E-state index in [0.717, 1.165) is 6.07 Å². The Bertz CT molecular complexity index is 1430. The van der Waals surface area contributed by atoms with Crippen LogP contribution in [0.5, 0.6) is 0 Å². The van der Waals surface area contributed by atoms with Crippen molar-refractivity contribution in [1.29, 1.82) is 0 Å². The number of fused-ring (bicyclic) bond motifs is 6. The number of morpholine rings is 1. The van der Waals surface area contributed by atoms with Gasteiger partial charge >= 0.3 is 6.18 Å². The summed E-state index contributed by atoms with van der Waals surface area (Å²) in [6, 6.07) is 8.44. The van der Waals surface area contributed by atoms with Gasteiger partial charge in [0.05, 0.1) is 47.9 Å². The zero-order valence-electron chi connectivity index (χ0n) is 17.2. The zero-order valence-corrected chi connectivity index (χ0v) is 17.2. The van der Waals surface area contributed by atoms with E-state index in [-0.39, 0.29) is 12.0 Å². The minimum atomic E-state index is -4.42. The Balaban J connectivity index is 1.40. The summed E-state index contributed by atoms with van der Waals surface area (Å²) in [6.45, 7) is 0.670. The van der Waals surface area contributed by atoms with E-state index >= 15 is 0 Å². The van der Waals surface area contributed by atoms with Crippen LogP contribution in [0, 0.1) is 0 Å². The van der Waals surface area contributed by atoms with E-state index in [1.807, 2.05) is 0 Å². The number of hydrogen-bond donors (Lipinski definition) is 1. The van der Waals surface area contributed by atoms with Crippen molar-refractivity contribution >= 4 is 28.3 Å². The lowest BCUT2D eigenvalue weighted by Gasteiger charge is -2.38. The predicted octanol–water partition coefficient (Wildman–Crippen LogP) is 3.62.